The molecule has 2 fully saturated rings. The van der Waals surface area contributed by atoms with Gasteiger partial charge in [-0.2, -0.15) is 4.98 Å². The Balaban J connectivity index is 1.51. The van der Waals surface area contributed by atoms with Crippen molar-refractivity contribution < 1.29 is 14.1 Å². The summed E-state index contributed by atoms with van der Waals surface area (Å²) in [6, 6.07) is -0.0218. The van der Waals surface area contributed by atoms with E-state index in [1.165, 1.54) is 0 Å². The zero-order valence-corrected chi connectivity index (χ0v) is 12.4. The number of carbonyl (C=O) groups is 1. The van der Waals surface area contributed by atoms with E-state index in [9.17, 15) is 4.79 Å². The summed E-state index contributed by atoms with van der Waals surface area (Å²) in [5, 5.41) is 6.80. The Morgan fingerprint density at radius 1 is 1.43 bits per heavy atom. The van der Waals surface area contributed by atoms with Crippen molar-refractivity contribution in [3.8, 4) is 0 Å². The smallest absolute Gasteiger partial charge is 0.317 e. The number of aryl methyl sites for hydroxylation is 1. The second kappa shape index (κ2) is 6.43. The van der Waals surface area contributed by atoms with Crippen LogP contribution in [0.1, 0.15) is 43.3 Å². The number of hydrogen-bond donors (Lipinski definition) is 1. The van der Waals surface area contributed by atoms with Crippen LogP contribution in [0.15, 0.2) is 4.52 Å². The monoisotopic (exact) mass is 294 g/mol. The first-order valence-corrected chi connectivity index (χ1v) is 7.67. The van der Waals surface area contributed by atoms with Crippen molar-refractivity contribution in [3.05, 3.63) is 11.7 Å². The largest absolute Gasteiger partial charge is 0.376 e. The van der Waals surface area contributed by atoms with Crippen LogP contribution in [0.25, 0.3) is 0 Å². The average Bonchev–Trinajstić information content (AvgIpc) is 3.16. The van der Waals surface area contributed by atoms with Crippen molar-refractivity contribution in [3.63, 3.8) is 0 Å². The van der Waals surface area contributed by atoms with Crippen LogP contribution in [0.5, 0.6) is 0 Å². The molecule has 7 nitrogen and oxygen atoms in total. The summed E-state index contributed by atoms with van der Waals surface area (Å²) >= 11 is 0. The molecule has 2 saturated heterocycles. The van der Waals surface area contributed by atoms with Crippen LogP contribution in [0.4, 0.5) is 4.79 Å². The molecule has 1 aromatic rings. The van der Waals surface area contributed by atoms with E-state index in [-0.39, 0.29) is 18.1 Å². The summed E-state index contributed by atoms with van der Waals surface area (Å²) in [6.07, 6.45) is 4.23. The lowest BCUT2D eigenvalue weighted by Gasteiger charge is -2.31. The standard InChI is InChI=1S/C14H22N4O3/c1-10-16-13(21-17-10)11-4-2-6-18(9-11)14(19)15-8-12-5-3-7-20-12/h11-12H,2-9H2,1H3,(H,15,19). The Labute approximate surface area is 124 Å². The van der Waals surface area contributed by atoms with Gasteiger partial charge in [-0.15, -0.1) is 0 Å². The molecule has 0 spiro atoms. The van der Waals surface area contributed by atoms with Crippen molar-refractivity contribution in [2.24, 2.45) is 0 Å². The van der Waals surface area contributed by atoms with Gasteiger partial charge >= 0.3 is 6.03 Å². The number of nitrogens with one attached hydrogen (secondary N) is 1. The zero-order chi connectivity index (χ0) is 14.7. The van der Waals surface area contributed by atoms with Gasteiger partial charge in [-0.3, -0.25) is 0 Å². The third-order valence-electron chi connectivity index (χ3n) is 4.11. The minimum atomic E-state index is -0.0218. The molecule has 21 heavy (non-hydrogen) atoms. The highest BCUT2D eigenvalue weighted by molar-refractivity contribution is 5.74. The van der Waals surface area contributed by atoms with Crippen LogP contribution >= 0.6 is 0 Å². The first kappa shape index (κ1) is 14.3. The van der Waals surface area contributed by atoms with E-state index < -0.39 is 0 Å². The number of nitrogens with zero attached hydrogens (tertiary/aromatic N) is 3. The van der Waals surface area contributed by atoms with E-state index in [0.717, 1.165) is 38.8 Å². The highest BCUT2D eigenvalue weighted by Crippen LogP contribution is 2.25. The van der Waals surface area contributed by atoms with Crippen LogP contribution in [-0.2, 0) is 4.74 Å². The number of likely N-dealkylation sites (tertiary alicyclic amines) is 1. The van der Waals surface area contributed by atoms with Gasteiger partial charge in [-0.25, -0.2) is 4.79 Å². The molecule has 116 valence electrons. The number of piperidine rings is 1. The van der Waals surface area contributed by atoms with Gasteiger partial charge in [0.15, 0.2) is 5.82 Å². The molecule has 0 aliphatic carbocycles. The molecular weight excluding hydrogens is 272 g/mol. The highest BCUT2D eigenvalue weighted by atomic mass is 16.5. The van der Waals surface area contributed by atoms with E-state index in [1.807, 2.05) is 11.8 Å². The highest BCUT2D eigenvalue weighted by Gasteiger charge is 2.28. The molecule has 1 N–H and O–H groups in total. The second-order valence-corrected chi connectivity index (χ2v) is 5.79. The number of urea groups is 1. The fourth-order valence-corrected chi connectivity index (χ4v) is 2.96. The number of amides is 2. The van der Waals surface area contributed by atoms with Gasteiger partial charge < -0.3 is 19.5 Å². The Hall–Kier alpha value is -1.63. The Morgan fingerprint density at radius 2 is 2.33 bits per heavy atom. The van der Waals surface area contributed by atoms with Crippen molar-refractivity contribution >= 4 is 6.03 Å². The summed E-state index contributed by atoms with van der Waals surface area (Å²) in [6.45, 7) is 4.63. The third-order valence-corrected chi connectivity index (χ3v) is 4.11. The van der Waals surface area contributed by atoms with Crippen LogP contribution in [-0.4, -0.2) is 53.4 Å². The second-order valence-electron chi connectivity index (χ2n) is 5.79. The van der Waals surface area contributed by atoms with E-state index in [4.69, 9.17) is 9.26 Å². The Morgan fingerprint density at radius 3 is 3.05 bits per heavy atom. The number of carbonyl (C=O) groups excluding carboxylic acids is 1. The normalized spacial score (nSPS) is 26.0. The lowest BCUT2D eigenvalue weighted by molar-refractivity contribution is 0.107. The molecular formula is C14H22N4O3. The summed E-state index contributed by atoms with van der Waals surface area (Å²) in [4.78, 5) is 18.3. The van der Waals surface area contributed by atoms with E-state index in [1.54, 1.807) is 0 Å². The number of hydrogen-bond acceptors (Lipinski definition) is 5. The fraction of sp³-hybridized carbons (Fsp3) is 0.786. The van der Waals surface area contributed by atoms with Crippen LogP contribution in [0, 0.1) is 6.92 Å². The minimum Gasteiger partial charge on any atom is -0.376 e. The fourth-order valence-electron chi connectivity index (χ4n) is 2.96. The molecule has 7 heteroatoms. The average molecular weight is 294 g/mol. The van der Waals surface area contributed by atoms with Crippen molar-refractivity contribution in [2.75, 3.05) is 26.2 Å². The number of aromatic nitrogens is 2. The maximum Gasteiger partial charge on any atom is 0.317 e. The van der Waals surface area contributed by atoms with Gasteiger partial charge in [-0.05, 0) is 32.6 Å². The summed E-state index contributed by atoms with van der Waals surface area (Å²) in [5.41, 5.74) is 0. The summed E-state index contributed by atoms with van der Waals surface area (Å²) in [7, 11) is 0. The van der Waals surface area contributed by atoms with E-state index in [2.05, 4.69) is 15.5 Å². The van der Waals surface area contributed by atoms with Gasteiger partial charge in [0.05, 0.1) is 12.0 Å². The Kier molecular flexibility index (Phi) is 4.38. The first-order chi connectivity index (χ1) is 10.2. The first-order valence-electron chi connectivity index (χ1n) is 7.67. The minimum absolute atomic E-state index is 0.0218. The third kappa shape index (κ3) is 3.53. The molecule has 2 unspecified atom stereocenters. The van der Waals surface area contributed by atoms with Gasteiger partial charge in [-0.1, -0.05) is 5.16 Å². The van der Waals surface area contributed by atoms with Gasteiger partial charge in [0.2, 0.25) is 5.89 Å². The molecule has 2 amide bonds. The molecule has 2 aliphatic heterocycles. The maximum atomic E-state index is 12.2. The topological polar surface area (TPSA) is 80.5 Å². The van der Waals surface area contributed by atoms with Gasteiger partial charge in [0.1, 0.15) is 0 Å². The summed E-state index contributed by atoms with van der Waals surface area (Å²) < 4.78 is 10.8. The SMILES string of the molecule is Cc1noc(C2CCCN(C(=O)NCC3CCCO3)C2)n1. The van der Waals surface area contributed by atoms with Crippen LogP contribution < -0.4 is 5.32 Å². The molecule has 3 rings (SSSR count). The predicted octanol–water partition coefficient (Wildman–Crippen LogP) is 1.45. The van der Waals surface area contributed by atoms with E-state index in [0.29, 0.717) is 24.8 Å². The van der Waals surface area contributed by atoms with Crippen LogP contribution in [0.3, 0.4) is 0 Å². The predicted molar refractivity (Wildman–Crippen MR) is 75.0 cm³/mol. The van der Waals surface area contributed by atoms with Crippen molar-refractivity contribution in [2.45, 2.75) is 44.6 Å². The van der Waals surface area contributed by atoms with Gasteiger partial charge in [0, 0.05) is 26.2 Å². The quantitative estimate of drug-likeness (QED) is 0.912. The Bertz CT molecular complexity index is 484. The molecule has 2 aliphatic rings. The zero-order valence-electron chi connectivity index (χ0n) is 12.4. The molecule has 0 saturated carbocycles. The number of ether oxygens (including phenoxy) is 1. The molecule has 0 radical (unpaired) electrons. The molecule has 0 aromatic carbocycles. The maximum absolute atomic E-state index is 12.2. The summed E-state index contributed by atoms with van der Waals surface area (Å²) in [5.74, 6) is 1.43. The number of rotatable bonds is 3. The van der Waals surface area contributed by atoms with Gasteiger partial charge in [0.25, 0.3) is 0 Å². The molecule has 3 heterocycles. The lowest BCUT2D eigenvalue weighted by atomic mass is 9.98. The van der Waals surface area contributed by atoms with E-state index >= 15 is 0 Å². The lowest BCUT2D eigenvalue weighted by Crippen LogP contribution is -2.46. The van der Waals surface area contributed by atoms with Crippen LogP contribution in [0.2, 0.25) is 0 Å². The van der Waals surface area contributed by atoms with Crippen molar-refractivity contribution in [1.29, 1.82) is 0 Å². The van der Waals surface area contributed by atoms with Crippen molar-refractivity contribution in [1.82, 2.24) is 20.4 Å². The molecule has 0 bridgehead atoms. The molecule has 1 aromatic heterocycles. The molecule has 2 atom stereocenters.